The van der Waals surface area contributed by atoms with Gasteiger partial charge in [-0.15, -0.1) is 0 Å². The Kier molecular flexibility index (Phi) is 4.93. The Labute approximate surface area is 150 Å². The number of rotatable bonds is 7. The fraction of sp³-hybridized carbons (Fsp3) is 0.300. The van der Waals surface area contributed by atoms with Crippen LogP contribution < -0.4 is 10.1 Å². The van der Waals surface area contributed by atoms with Gasteiger partial charge in [-0.1, -0.05) is 18.2 Å². The number of benzene rings is 2. The smallest absolute Gasteiger partial charge is 0.335 e. The van der Waals surface area contributed by atoms with Crippen LogP contribution in [0.5, 0.6) is 5.75 Å². The van der Waals surface area contributed by atoms with Gasteiger partial charge in [0.25, 0.3) is 0 Å². The quantitative estimate of drug-likeness (QED) is 0.799. The van der Waals surface area contributed by atoms with Crippen LogP contribution in [-0.2, 0) is 16.6 Å². The van der Waals surface area contributed by atoms with Gasteiger partial charge in [-0.2, -0.15) is 0 Å². The molecule has 1 fully saturated rings. The van der Waals surface area contributed by atoms with E-state index in [1.807, 2.05) is 0 Å². The molecule has 2 aromatic carbocycles. The van der Waals surface area contributed by atoms with Gasteiger partial charge in [-0.05, 0) is 54.7 Å². The van der Waals surface area contributed by atoms with E-state index in [0.717, 1.165) is 24.0 Å². The summed E-state index contributed by atoms with van der Waals surface area (Å²) in [5, 5.41) is 12.0. The molecule has 5 nitrogen and oxygen atoms in total. The summed E-state index contributed by atoms with van der Waals surface area (Å²) in [6, 6.07) is 10.8. The summed E-state index contributed by atoms with van der Waals surface area (Å²) in [7, 11) is 1.48. The lowest BCUT2D eigenvalue weighted by Gasteiger charge is -2.16. The number of hydrogen-bond acceptors (Lipinski definition) is 3. The number of aromatic carboxylic acids is 1. The van der Waals surface area contributed by atoms with Gasteiger partial charge in [0, 0.05) is 6.54 Å². The fourth-order valence-electron chi connectivity index (χ4n) is 3.10. The van der Waals surface area contributed by atoms with Crippen LogP contribution in [0.25, 0.3) is 0 Å². The van der Waals surface area contributed by atoms with Crippen molar-refractivity contribution in [3.8, 4) is 5.75 Å². The number of ether oxygens (including phenoxy) is 1. The van der Waals surface area contributed by atoms with E-state index < -0.39 is 11.4 Å². The number of carboxylic acids is 1. The highest BCUT2D eigenvalue weighted by Crippen LogP contribution is 2.48. The van der Waals surface area contributed by atoms with Gasteiger partial charge in [0.05, 0.1) is 18.1 Å². The van der Waals surface area contributed by atoms with Crippen molar-refractivity contribution in [2.24, 2.45) is 0 Å². The number of methoxy groups -OCH3 is 1. The van der Waals surface area contributed by atoms with Gasteiger partial charge < -0.3 is 15.2 Å². The molecular formula is C20H20FNO4. The van der Waals surface area contributed by atoms with Crippen molar-refractivity contribution in [3.05, 3.63) is 65.0 Å². The molecule has 0 radical (unpaired) electrons. The number of carbonyl (C=O) groups excluding carboxylic acids is 1. The summed E-state index contributed by atoms with van der Waals surface area (Å²) >= 11 is 0. The number of hydrogen-bond donors (Lipinski definition) is 2. The van der Waals surface area contributed by atoms with E-state index in [4.69, 9.17) is 9.84 Å². The van der Waals surface area contributed by atoms with Crippen LogP contribution in [0.2, 0.25) is 0 Å². The van der Waals surface area contributed by atoms with E-state index in [-0.39, 0.29) is 17.3 Å². The third-order valence-electron chi connectivity index (χ3n) is 4.80. The minimum atomic E-state index is -1.02. The van der Waals surface area contributed by atoms with Crippen LogP contribution in [0, 0.1) is 5.82 Å². The summed E-state index contributed by atoms with van der Waals surface area (Å²) in [4.78, 5) is 23.6. The summed E-state index contributed by atoms with van der Waals surface area (Å²) in [6.07, 6.45) is 2.02. The Balaban J connectivity index is 1.62. The van der Waals surface area contributed by atoms with E-state index in [1.54, 1.807) is 18.2 Å². The van der Waals surface area contributed by atoms with Crippen molar-refractivity contribution >= 4 is 11.9 Å². The molecule has 0 spiro atoms. The third kappa shape index (κ3) is 3.54. The van der Waals surface area contributed by atoms with Crippen LogP contribution in [0.3, 0.4) is 0 Å². The molecule has 0 atom stereocenters. The predicted octanol–water partition coefficient (Wildman–Crippen LogP) is 2.92. The normalized spacial score (nSPS) is 14.5. The highest BCUT2D eigenvalue weighted by Gasteiger charge is 2.50. The number of halogens is 1. The zero-order valence-corrected chi connectivity index (χ0v) is 14.4. The first-order chi connectivity index (χ1) is 12.5. The molecule has 0 saturated heterocycles. The molecule has 1 aliphatic carbocycles. The maximum Gasteiger partial charge on any atom is 0.335 e. The second-order valence-electron chi connectivity index (χ2n) is 6.43. The molecule has 0 heterocycles. The molecule has 1 aliphatic rings. The monoisotopic (exact) mass is 357 g/mol. The molecule has 0 bridgehead atoms. The van der Waals surface area contributed by atoms with Crippen molar-refractivity contribution < 1.29 is 23.8 Å². The molecule has 136 valence electrons. The number of amides is 1. The van der Waals surface area contributed by atoms with Gasteiger partial charge in [-0.3, -0.25) is 4.79 Å². The molecule has 1 amide bonds. The standard InChI is InChI=1S/C20H20FNO4/c1-26-17-12-14(18(23)24)3-2-13(17)8-11-22-19(25)20(9-10-20)15-4-6-16(21)7-5-15/h2-7,12H,8-11H2,1H3,(H,22,25)(H,23,24). The summed E-state index contributed by atoms with van der Waals surface area (Å²) in [6.45, 7) is 0.407. The van der Waals surface area contributed by atoms with Gasteiger partial charge >= 0.3 is 5.97 Å². The minimum Gasteiger partial charge on any atom is -0.496 e. The van der Waals surface area contributed by atoms with E-state index in [9.17, 15) is 14.0 Å². The first-order valence-corrected chi connectivity index (χ1v) is 8.41. The number of carbonyl (C=O) groups is 2. The molecule has 2 N–H and O–H groups in total. The van der Waals surface area contributed by atoms with Crippen LogP contribution >= 0.6 is 0 Å². The number of carboxylic acid groups (broad SMARTS) is 1. The van der Waals surface area contributed by atoms with Crippen LogP contribution in [0.1, 0.15) is 34.3 Å². The Bertz CT molecular complexity index is 828. The summed E-state index contributed by atoms with van der Waals surface area (Å²) in [5.41, 5.74) is 1.26. The Morgan fingerprint density at radius 1 is 1.19 bits per heavy atom. The van der Waals surface area contributed by atoms with Crippen molar-refractivity contribution in [3.63, 3.8) is 0 Å². The number of nitrogens with one attached hydrogen (secondary N) is 1. The Morgan fingerprint density at radius 2 is 1.88 bits per heavy atom. The molecule has 3 rings (SSSR count). The van der Waals surface area contributed by atoms with E-state index >= 15 is 0 Å². The predicted molar refractivity (Wildman–Crippen MR) is 94.0 cm³/mol. The van der Waals surface area contributed by atoms with Crippen molar-refractivity contribution in [1.82, 2.24) is 5.32 Å². The molecule has 2 aromatic rings. The highest BCUT2D eigenvalue weighted by molar-refractivity contribution is 5.91. The first kappa shape index (κ1) is 17.9. The molecule has 6 heteroatoms. The minimum absolute atomic E-state index is 0.0646. The lowest BCUT2D eigenvalue weighted by molar-refractivity contribution is -0.123. The van der Waals surface area contributed by atoms with E-state index in [2.05, 4.69) is 5.32 Å². The van der Waals surface area contributed by atoms with Gasteiger partial charge in [0.1, 0.15) is 11.6 Å². The molecule has 1 saturated carbocycles. The zero-order chi connectivity index (χ0) is 18.7. The topological polar surface area (TPSA) is 75.6 Å². The molecular weight excluding hydrogens is 337 g/mol. The second-order valence-corrected chi connectivity index (χ2v) is 6.43. The SMILES string of the molecule is COc1cc(C(=O)O)ccc1CCNC(=O)C1(c2ccc(F)cc2)CC1. The average Bonchev–Trinajstić information content (AvgIpc) is 3.44. The molecule has 26 heavy (non-hydrogen) atoms. The maximum absolute atomic E-state index is 13.1. The van der Waals surface area contributed by atoms with Crippen LogP contribution in [0.15, 0.2) is 42.5 Å². The molecule has 0 aliphatic heterocycles. The van der Waals surface area contributed by atoms with Gasteiger partial charge in [0.15, 0.2) is 0 Å². The zero-order valence-electron chi connectivity index (χ0n) is 14.4. The summed E-state index contributed by atoms with van der Waals surface area (Å²) in [5.74, 6) is -0.913. The summed E-state index contributed by atoms with van der Waals surface area (Å²) < 4.78 is 18.3. The van der Waals surface area contributed by atoms with Crippen LogP contribution in [0.4, 0.5) is 4.39 Å². The molecule has 0 aromatic heterocycles. The lowest BCUT2D eigenvalue weighted by atomic mass is 9.95. The third-order valence-corrected chi connectivity index (χ3v) is 4.80. The van der Waals surface area contributed by atoms with Crippen LogP contribution in [-0.4, -0.2) is 30.6 Å². The Morgan fingerprint density at radius 3 is 2.46 bits per heavy atom. The lowest BCUT2D eigenvalue weighted by Crippen LogP contribution is -2.36. The van der Waals surface area contributed by atoms with E-state index in [0.29, 0.717) is 18.7 Å². The molecule has 0 unspecified atom stereocenters. The van der Waals surface area contributed by atoms with Crippen molar-refractivity contribution in [2.75, 3.05) is 13.7 Å². The Hall–Kier alpha value is -2.89. The van der Waals surface area contributed by atoms with Gasteiger partial charge in [-0.25, -0.2) is 9.18 Å². The second kappa shape index (κ2) is 7.15. The van der Waals surface area contributed by atoms with Crippen molar-refractivity contribution in [1.29, 1.82) is 0 Å². The first-order valence-electron chi connectivity index (χ1n) is 8.41. The largest absolute Gasteiger partial charge is 0.496 e. The van der Waals surface area contributed by atoms with E-state index in [1.165, 1.54) is 31.4 Å². The highest BCUT2D eigenvalue weighted by atomic mass is 19.1. The van der Waals surface area contributed by atoms with Crippen molar-refractivity contribution in [2.45, 2.75) is 24.7 Å². The fourth-order valence-corrected chi connectivity index (χ4v) is 3.10. The maximum atomic E-state index is 13.1. The van der Waals surface area contributed by atoms with Gasteiger partial charge in [0.2, 0.25) is 5.91 Å². The average molecular weight is 357 g/mol.